The van der Waals surface area contributed by atoms with Gasteiger partial charge in [0, 0.05) is 17.6 Å². The van der Waals surface area contributed by atoms with Crippen LogP contribution in [0, 0.1) is 5.92 Å². The first-order valence-corrected chi connectivity index (χ1v) is 13.4. The third-order valence-corrected chi connectivity index (χ3v) is 8.44. The van der Waals surface area contributed by atoms with Crippen LogP contribution >= 0.6 is 34.7 Å². The summed E-state index contributed by atoms with van der Waals surface area (Å²) in [5, 5.41) is 13.5. The number of carbonyl (C=O) groups excluding carboxylic acids is 1. The van der Waals surface area contributed by atoms with Crippen molar-refractivity contribution >= 4 is 51.8 Å². The zero-order valence-corrected chi connectivity index (χ0v) is 21.7. The van der Waals surface area contributed by atoms with Crippen molar-refractivity contribution in [2.75, 3.05) is 11.9 Å². The molecule has 0 aliphatic heterocycles. The number of hydrogen-bond donors (Lipinski definition) is 2. The van der Waals surface area contributed by atoms with E-state index in [2.05, 4.69) is 23.3 Å². The van der Waals surface area contributed by atoms with Gasteiger partial charge in [-0.2, -0.15) is 0 Å². The Labute approximate surface area is 209 Å². The van der Waals surface area contributed by atoms with E-state index in [0.717, 1.165) is 47.8 Å². The van der Waals surface area contributed by atoms with E-state index in [1.165, 1.54) is 28.7 Å². The first kappa shape index (κ1) is 25.8. The summed E-state index contributed by atoms with van der Waals surface area (Å²) in [4.78, 5) is 30.9. The van der Waals surface area contributed by atoms with Crippen LogP contribution in [-0.2, 0) is 11.2 Å². The number of rotatable bonds is 9. The average molecular weight is 510 g/mol. The fourth-order valence-electron chi connectivity index (χ4n) is 3.97. The van der Waals surface area contributed by atoms with Crippen molar-refractivity contribution in [3.63, 3.8) is 0 Å². The molecule has 6 nitrogen and oxygen atoms in total. The van der Waals surface area contributed by atoms with Crippen molar-refractivity contribution in [3.05, 3.63) is 41.0 Å². The SMILES string of the molecule is CC(C)(Sc1cnc(NC(=O)N(CCCc2cccc(Cl)c2)[C@H]2CC[C@H](C)CC2)s1)C(=O)O. The summed E-state index contributed by atoms with van der Waals surface area (Å²) in [5.74, 6) is -0.183. The molecular formula is C24H32ClN3O3S2. The summed E-state index contributed by atoms with van der Waals surface area (Å²) in [5.41, 5.74) is 1.17. The molecule has 2 amide bonds. The van der Waals surface area contributed by atoms with Gasteiger partial charge in [0.05, 0.1) is 10.4 Å². The number of nitrogens with one attached hydrogen (secondary N) is 1. The lowest BCUT2D eigenvalue weighted by molar-refractivity contribution is -0.138. The van der Waals surface area contributed by atoms with E-state index in [1.807, 2.05) is 23.1 Å². The van der Waals surface area contributed by atoms with Crippen molar-refractivity contribution in [3.8, 4) is 0 Å². The quantitative estimate of drug-likeness (QED) is 0.363. The molecule has 1 aliphatic carbocycles. The highest BCUT2D eigenvalue weighted by atomic mass is 35.5. The minimum absolute atomic E-state index is 0.135. The van der Waals surface area contributed by atoms with Crippen LogP contribution < -0.4 is 5.32 Å². The number of carboxylic acid groups (broad SMARTS) is 1. The number of carboxylic acids is 1. The lowest BCUT2D eigenvalue weighted by Crippen LogP contribution is -2.45. The molecule has 2 aromatic rings. The number of carbonyl (C=O) groups is 2. The number of anilines is 1. The number of urea groups is 1. The number of benzene rings is 1. The van der Waals surface area contributed by atoms with Gasteiger partial charge in [0.2, 0.25) is 0 Å². The van der Waals surface area contributed by atoms with Crippen LogP contribution in [0.2, 0.25) is 5.02 Å². The van der Waals surface area contributed by atoms with Gasteiger partial charge in [0.1, 0.15) is 4.75 Å². The van der Waals surface area contributed by atoms with Gasteiger partial charge in [0.15, 0.2) is 5.13 Å². The molecule has 3 rings (SSSR count). The fraction of sp³-hybridized carbons (Fsp3) is 0.542. The first-order valence-electron chi connectivity index (χ1n) is 11.3. The minimum atomic E-state index is -0.959. The van der Waals surface area contributed by atoms with E-state index in [1.54, 1.807) is 20.0 Å². The molecule has 0 spiro atoms. The number of nitrogens with zero attached hydrogens (tertiary/aromatic N) is 2. The summed E-state index contributed by atoms with van der Waals surface area (Å²) in [6, 6.07) is 7.94. The lowest BCUT2D eigenvalue weighted by Gasteiger charge is -2.36. The molecule has 2 N–H and O–H groups in total. The van der Waals surface area contributed by atoms with Crippen LogP contribution in [0.1, 0.15) is 58.4 Å². The number of aliphatic carboxylic acids is 1. The predicted octanol–water partition coefficient (Wildman–Crippen LogP) is 6.80. The molecule has 9 heteroatoms. The van der Waals surface area contributed by atoms with Crippen LogP contribution in [0.4, 0.5) is 9.93 Å². The molecule has 0 bridgehead atoms. The summed E-state index contributed by atoms with van der Waals surface area (Å²) in [7, 11) is 0. The van der Waals surface area contributed by atoms with Crippen molar-refractivity contribution < 1.29 is 14.7 Å². The summed E-state index contributed by atoms with van der Waals surface area (Å²) < 4.78 is -0.199. The molecule has 1 aromatic carbocycles. The van der Waals surface area contributed by atoms with Gasteiger partial charge in [-0.3, -0.25) is 10.1 Å². The molecule has 1 fully saturated rings. The highest BCUT2D eigenvalue weighted by molar-refractivity contribution is 8.03. The Kier molecular flexibility index (Phi) is 9.07. The second kappa shape index (κ2) is 11.6. The van der Waals surface area contributed by atoms with Gasteiger partial charge in [-0.05, 0) is 76.0 Å². The van der Waals surface area contributed by atoms with E-state index in [9.17, 15) is 14.7 Å². The number of aryl methyl sites for hydroxylation is 1. The maximum atomic E-state index is 13.3. The Morgan fingerprint density at radius 3 is 2.70 bits per heavy atom. The molecule has 1 aromatic heterocycles. The van der Waals surface area contributed by atoms with Crippen molar-refractivity contribution in [2.45, 2.75) is 74.3 Å². The van der Waals surface area contributed by atoms with Crippen molar-refractivity contribution in [1.82, 2.24) is 9.88 Å². The standard InChI is InChI=1S/C24H32ClN3O3S2/c1-16-9-11-19(12-10-16)28(13-5-7-17-6-4-8-18(25)14-17)23(31)27-22-26-15-20(32-22)33-24(2,3)21(29)30/h4,6,8,14-16,19H,5,7,9-13H2,1-3H3,(H,29,30)(H,26,27,31)/t16-,19-. The number of thioether (sulfide) groups is 1. The monoisotopic (exact) mass is 509 g/mol. The Hall–Kier alpha value is -1.77. The lowest BCUT2D eigenvalue weighted by atomic mass is 9.86. The predicted molar refractivity (Wildman–Crippen MR) is 137 cm³/mol. The van der Waals surface area contributed by atoms with E-state index < -0.39 is 10.7 Å². The Balaban J connectivity index is 1.64. The Morgan fingerprint density at radius 2 is 2.03 bits per heavy atom. The molecule has 0 saturated heterocycles. The van der Waals surface area contributed by atoms with E-state index in [-0.39, 0.29) is 12.1 Å². The maximum absolute atomic E-state index is 13.3. The molecule has 1 aliphatic rings. The van der Waals surface area contributed by atoms with Crippen molar-refractivity contribution in [1.29, 1.82) is 0 Å². The van der Waals surface area contributed by atoms with Crippen molar-refractivity contribution in [2.24, 2.45) is 5.92 Å². The second-order valence-corrected chi connectivity index (χ2v) is 12.6. The van der Waals surface area contributed by atoms with E-state index in [4.69, 9.17) is 11.6 Å². The maximum Gasteiger partial charge on any atom is 0.323 e. The first-order chi connectivity index (χ1) is 15.6. The third kappa shape index (κ3) is 7.62. The van der Waals surface area contributed by atoms with Crippen LogP contribution in [-0.4, -0.2) is 44.3 Å². The number of thiazole rings is 1. The van der Waals surface area contributed by atoms with Crippen LogP contribution in [0.25, 0.3) is 0 Å². The number of aromatic nitrogens is 1. The highest BCUT2D eigenvalue weighted by Crippen LogP contribution is 2.37. The summed E-state index contributed by atoms with van der Waals surface area (Å²) in [6.07, 6.45) is 7.62. The molecule has 180 valence electrons. The van der Waals surface area contributed by atoms with E-state index >= 15 is 0 Å². The van der Waals surface area contributed by atoms with Gasteiger partial charge < -0.3 is 10.0 Å². The Morgan fingerprint density at radius 1 is 1.30 bits per heavy atom. The Bertz CT molecular complexity index is 958. The highest BCUT2D eigenvalue weighted by Gasteiger charge is 2.30. The molecular weight excluding hydrogens is 478 g/mol. The topological polar surface area (TPSA) is 82.5 Å². The summed E-state index contributed by atoms with van der Waals surface area (Å²) >= 11 is 8.65. The zero-order valence-electron chi connectivity index (χ0n) is 19.3. The van der Waals surface area contributed by atoms with Gasteiger partial charge in [-0.1, -0.05) is 53.8 Å². The average Bonchev–Trinajstić information content (AvgIpc) is 3.18. The smallest absolute Gasteiger partial charge is 0.323 e. The molecule has 0 radical (unpaired) electrons. The normalized spacial score (nSPS) is 18.7. The molecule has 0 atom stereocenters. The van der Waals surface area contributed by atoms with Crippen LogP contribution in [0.3, 0.4) is 0 Å². The zero-order chi connectivity index (χ0) is 24.0. The minimum Gasteiger partial charge on any atom is -0.480 e. The number of hydrogen-bond acceptors (Lipinski definition) is 5. The van der Waals surface area contributed by atoms with Crippen LogP contribution in [0.15, 0.2) is 34.7 Å². The van der Waals surface area contributed by atoms with Gasteiger partial charge in [-0.25, -0.2) is 9.78 Å². The van der Waals surface area contributed by atoms with Gasteiger partial charge in [0.25, 0.3) is 0 Å². The third-order valence-electron chi connectivity index (χ3n) is 6.01. The molecule has 1 heterocycles. The molecule has 1 saturated carbocycles. The number of amides is 2. The molecule has 33 heavy (non-hydrogen) atoms. The van der Waals surface area contributed by atoms with E-state index in [0.29, 0.717) is 17.6 Å². The van der Waals surface area contributed by atoms with Crippen LogP contribution in [0.5, 0.6) is 0 Å². The fourth-order valence-corrected chi connectivity index (χ4v) is 6.45. The largest absolute Gasteiger partial charge is 0.480 e. The van der Waals surface area contributed by atoms with Gasteiger partial charge >= 0.3 is 12.0 Å². The van der Waals surface area contributed by atoms with Gasteiger partial charge in [-0.15, -0.1) is 0 Å². The molecule has 0 unspecified atom stereocenters. The summed E-state index contributed by atoms with van der Waals surface area (Å²) in [6.45, 7) is 6.25. The second-order valence-electron chi connectivity index (χ2n) is 9.17. The number of halogens is 1.